The highest BCUT2D eigenvalue weighted by Crippen LogP contribution is 2.28. The maximum atomic E-state index is 13.3. The van der Waals surface area contributed by atoms with Crippen molar-refractivity contribution in [2.45, 2.75) is 18.9 Å². The number of anilines is 1. The summed E-state index contributed by atoms with van der Waals surface area (Å²) in [5, 5.41) is 8.50. The van der Waals surface area contributed by atoms with E-state index in [1.165, 1.54) is 12.1 Å². The van der Waals surface area contributed by atoms with Crippen molar-refractivity contribution < 1.29 is 13.5 Å². The molecule has 5 nitrogen and oxygen atoms in total. The van der Waals surface area contributed by atoms with Crippen LogP contribution < -0.4 is 9.64 Å². The zero-order valence-corrected chi connectivity index (χ0v) is 15.6. The lowest BCUT2D eigenvalue weighted by molar-refractivity contribution is 0.0726. The third-order valence-corrected chi connectivity index (χ3v) is 5.47. The van der Waals surface area contributed by atoms with Gasteiger partial charge in [-0.2, -0.15) is 0 Å². The van der Waals surface area contributed by atoms with Gasteiger partial charge in [-0.15, -0.1) is 10.2 Å². The Morgan fingerprint density at radius 2 is 1.85 bits per heavy atom. The predicted molar refractivity (Wildman–Crippen MR) is 99.2 cm³/mol. The van der Waals surface area contributed by atoms with Gasteiger partial charge < -0.3 is 9.64 Å². The van der Waals surface area contributed by atoms with Crippen LogP contribution in [0.25, 0.3) is 0 Å². The summed E-state index contributed by atoms with van der Waals surface area (Å²) < 4.78 is 32.2. The van der Waals surface area contributed by atoms with E-state index in [-0.39, 0.29) is 5.75 Å². The van der Waals surface area contributed by atoms with Gasteiger partial charge in [-0.25, -0.2) is 8.78 Å². The van der Waals surface area contributed by atoms with Crippen LogP contribution in [-0.4, -0.2) is 53.9 Å². The molecular formula is C19H21ClF2N4O. The van der Waals surface area contributed by atoms with Gasteiger partial charge in [0.2, 0.25) is 0 Å². The Bertz CT molecular complexity index is 772. The summed E-state index contributed by atoms with van der Waals surface area (Å²) in [7, 11) is 0. The van der Waals surface area contributed by atoms with Crippen molar-refractivity contribution in [3.05, 3.63) is 47.1 Å². The van der Waals surface area contributed by atoms with Crippen LogP contribution in [0.1, 0.15) is 12.8 Å². The molecule has 2 atom stereocenters. The highest BCUT2D eigenvalue weighted by Gasteiger charge is 2.33. The number of ether oxygens (including phenoxy) is 1. The van der Waals surface area contributed by atoms with Gasteiger partial charge in [-0.05, 0) is 25.0 Å². The van der Waals surface area contributed by atoms with Crippen molar-refractivity contribution in [3.63, 3.8) is 0 Å². The van der Waals surface area contributed by atoms with Crippen LogP contribution in [-0.2, 0) is 0 Å². The van der Waals surface area contributed by atoms with Crippen LogP contribution in [0.4, 0.5) is 14.6 Å². The molecule has 2 aromatic rings. The lowest BCUT2D eigenvalue weighted by Gasteiger charge is -2.46. The van der Waals surface area contributed by atoms with Gasteiger partial charge in [0.1, 0.15) is 17.4 Å². The quantitative estimate of drug-likeness (QED) is 0.795. The van der Waals surface area contributed by atoms with Crippen molar-refractivity contribution in [3.8, 4) is 5.75 Å². The Balaban J connectivity index is 1.30. The molecule has 0 radical (unpaired) electrons. The minimum atomic E-state index is -0.616. The van der Waals surface area contributed by atoms with Gasteiger partial charge in [0.05, 0.1) is 6.61 Å². The van der Waals surface area contributed by atoms with Gasteiger partial charge in [0, 0.05) is 56.3 Å². The minimum absolute atomic E-state index is 0.251. The Morgan fingerprint density at radius 3 is 2.59 bits per heavy atom. The van der Waals surface area contributed by atoms with Gasteiger partial charge in [-0.3, -0.25) is 4.90 Å². The molecule has 2 saturated heterocycles. The fraction of sp³-hybridized carbons (Fsp3) is 0.474. The molecule has 0 N–H and O–H groups in total. The molecule has 2 unspecified atom stereocenters. The first-order valence-electron chi connectivity index (χ1n) is 9.14. The molecule has 0 bridgehead atoms. The van der Waals surface area contributed by atoms with Crippen LogP contribution in [0.2, 0.25) is 5.15 Å². The molecule has 0 saturated carbocycles. The molecule has 1 aromatic heterocycles. The highest BCUT2D eigenvalue weighted by molar-refractivity contribution is 6.29. The number of halogens is 3. The molecular weight excluding hydrogens is 374 g/mol. The van der Waals surface area contributed by atoms with E-state index >= 15 is 0 Å². The third kappa shape index (κ3) is 4.47. The van der Waals surface area contributed by atoms with Crippen molar-refractivity contribution in [1.29, 1.82) is 0 Å². The zero-order valence-electron chi connectivity index (χ0n) is 14.8. The largest absolute Gasteiger partial charge is 0.493 e. The van der Waals surface area contributed by atoms with Gasteiger partial charge in [0.25, 0.3) is 0 Å². The third-order valence-electron chi connectivity index (χ3n) is 5.27. The number of piperazine rings is 1. The van der Waals surface area contributed by atoms with Gasteiger partial charge in [-0.1, -0.05) is 11.6 Å². The first-order valence-corrected chi connectivity index (χ1v) is 9.52. The molecule has 4 rings (SSSR count). The summed E-state index contributed by atoms with van der Waals surface area (Å²) in [6.45, 7) is 4.15. The van der Waals surface area contributed by atoms with Crippen molar-refractivity contribution in [2.24, 2.45) is 5.92 Å². The van der Waals surface area contributed by atoms with Crippen LogP contribution >= 0.6 is 11.6 Å². The van der Waals surface area contributed by atoms with E-state index in [1.54, 1.807) is 6.07 Å². The van der Waals surface area contributed by atoms with Gasteiger partial charge >= 0.3 is 0 Å². The molecule has 144 valence electrons. The fourth-order valence-corrected chi connectivity index (χ4v) is 4.01. The molecule has 3 heterocycles. The number of hydrogen-bond acceptors (Lipinski definition) is 5. The molecule has 0 spiro atoms. The maximum Gasteiger partial charge on any atom is 0.151 e. The fourth-order valence-electron chi connectivity index (χ4n) is 3.91. The van der Waals surface area contributed by atoms with Crippen LogP contribution in [0.3, 0.4) is 0 Å². The second-order valence-corrected chi connectivity index (χ2v) is 7.56. The number of benzene rings is 1. The zero-order chi connectivity index (χ0) is 18.8. The van der Waals surface area contributed by atoms with Crippen molar-refractivity contribution in [1.82, 2.24) is 15.1 Å². The number of nitrogens with zero attached hydrogens (tertiary/aromatic N) is 4. The first-order chi connectivity index (χ1) is 13.1. The smallest absolute Gasteiger partial charge is 0.151 e. The van der Waals surface area contributed by atoms with E-state index in [0.29, 0.717) is 23.7 Å². The number of rotatable bonds is 4. The van der Waals surface area contributed by atoms with E-state index in [4.69, 9.17) is 16.3 Å². The van der Waals surface area contributed by atoms with Gasteiger partial charge in [0.15, 0.2) is 11.0 Å². The van der Waals surface area contributed by atoms with E-state index in [1.807, 2.05) is 6.07 Å². The number of aromatic nitrogens is 2. The van der Waals surface area contributed by atoms with Crippen LogP contribution in [0.5, 0.6) is 5.75 Å². The monoisotopic (exact) mass is 394 g/mol. The molecule has 1 aromatic carbocycles. The first kappa shape index (κ1) is 18.4. The Hall–Kier alpha value is -1.99. The number of fused-ring (bicyclic) bond motifs is 1. The summed E-state index contributed by atoms with van der Waals surface area (Å²) >= 11 is 5.81. The lowest BCUT2D eigenvalue weighted by Crippen LogP contribution is -2.57. The van der Waals surface area contributed by atoms with E-state index in [0.717, 1.165) is 50.9 Å². The summed E-state index contributed by atoms with van der Waals surface area (Å²) in [5.41, 5.74) is 0. The normalized spacial score (nSPS) is 23.1. The summed E-state index contributed by atoms with van der Waals surface area (Å²) in [4.78, 5) is 4.72. The maximum absolute atomic E-state index is 13.3. The molecule has 27 heavy (non-hydrogen) atoms. The molecule has 2 fully saturated rings. The molecule has 2 aliphatic heterocycles. The molecule has 0 aliphatic carbocycles. The Morgan fingerprint density at radius 1 is 1.04 bits per heavy atom. The highest BCUT2D eigenvalue weighted by atomic mass is 35.5. The summed E-state index contributed by atoms with van der Waals surface area (Å²) in [6.07, 6.45) is 2.09. The van der Waals surface area contributed by atoms with E-state index in [9.17, 15) is 8.78 Å². The minimum Gasteiger partial charge on any atom is -0.493 e. The number of piperidine rings is 1. The predicted octanol–water partition coefficient (Wildman–Crippen LogP) is 3.39. The standard InChI is InChI=1S/C19H21ClF2N4O/c20-18-3-4-19(24-23-18)26-6-5-25-10-13(1-2-16(25)11-26)12-27-17-8-14(21)7-15(22)9-17/h3-4,7-9,13,16H,1-2,5-6,10-12H2. The average molecular weight is 395 g/mol. The Kier molecular flexibility index (Phi) is 5.41. The Labute approximate surface area is 161 Å². The average Bonchev–Trinajstić information content (AvgIpc) is 2.66. The summed E-state index contributed by atoms with van der Waals surface area (Å²) in [6, 6.07) is 7.44. The SMILES string of the molecule is Fc1cc(F)cc(OCC2CCC3CN(c4ccc(Cl)nn4)CCN3C2)c1. The second kappa shape index (κ2) is 7.94. The number of hydrogen-bond donors (Lipinski definition) is 0. The second-order valence-electron chi connectivity index (χ2n) is 7.17. The molecule has 2 aliphatic rings. The van der Waals surface area contributed by atoms with E-state index < -0.39 is 11.6 Å². The topological polar surface area (TPSA) is 41.5 Å². The molecule has 0 amide bonds. The lowest BCUT2D eigenvalue weighted by atomic mass is 9.91. The molecule has 8 heteroatoms. The van der Waals surface area contributed by atoms with Crippen molar-refractivity contribution >= 4 is 17.4 Å². The van der Waals surface area contributed by atoms with E-state index in [2.05, 4.69) is 20.0 Å². The van der Waals surface area contributed by atoms with Crippen LogP contribution in [0, 0.1) is 17.6 Å². The van der Waals surface area contributed by atoms with Crippen molar-refractivity contribution in [2.75, 3.05) is 37.7 Å². The van der Waals surface area contributed by atoms with Crippen LogP contribution in [0.15, 0.2) is 30.3 Å². The summed E-state index contributed by atoms with van der Waals surface area (Å²) in [5.74, 6) is 0.234.